The SMILES string of the molecule is Cc1cc(Oc2ccccc2C(=N)N)cc(C)c1Cl.Cl. The first-order valence-corrected chi connectivity index (χ1v) is 6.25. The largest absolute Gasteiger partial charge is 0.457 e. The van der Waals surface area contributed by atoms with Crippen LogP contribution in [0, 0.1) is 19.3 Å². The smallest absolute Gasteiger partial charge is 0.138 e. The maximum absolute atomic E-state index is 7.54. The zero-order valence-electron chi connectivity index (χ0n) is 11.2. The fourth-order valence-electron chi connectivity index (χ4n) is 1.87. The molecular formula is C15H16Cl2N2O. The van der Waals surface area contributed by atoms with Gasteiger partial charge in [0.05, 0.1) is 5.56 Å². The summed E-state index contributed by atoms with van der Waals surface area (Å²) in [6.07, 6.45) is 0. The number of para-hydroxylation sites is 1. The van der Waals surface area contributed by atoms with Crippen LogP contribution in [0.25, 0.3) is 0 Å². The molecule has 0 amide bonds. The van der Waals surface area contributed by atoms with Gasteiger partial charge in [-0.05, 0) is 49.2 Å². The second-order valence-corrected chi connectivity index (χ2v) is 4.76. The topological polar surface area (TPSA) is 59.1 Å². The fraction of sp³-hybridized carbons (Fsp3) is 0.133. The third-order valence-electron chi connectivity index (χ3n) is 2.81. The van der Waals surface area contributed by atoms with Crippen LogP contribution in [-0.4, -0.2) is 5.84 Å². The molecule has 3 nitrogen and oxygen atoms in total. The van der Waals surface area contributed by atoms with Gasteiger partial charge >= 0.3 is 0 Å². The van der Waals surface area contributed by atoms with Gasteiger partial charge in [-0.1, -0.05) is 23.7 Å². The van der Waals surface area contributed by atoms with E-state index in [2.05, 4.69) is 0 Å². The maximum Gasteiger partial charge on any atom is 0.138 e. The molecule has 0 spiro atoms. The highest BCUT2D eigenvalue weighted by atomic mass is 35.5. The van der Waals surface area contributed by atoms with E-state index < -0.39 is 0 Å². The van der Waals surface area contributed by atoms with Crippen LogP contribution in [0.1, 0.15) is 16.7 Å². The van der Waals surface area contributed by atoms with E-state index in [1.165, 1.54) is 0 Å². The van der Waals surface area contributed by atoms with E-state index in [-0.39, 0.29) is 18.2 Å². The van der Waals surface area contributed by atoms with Crippen molar-refractivity contribution in [2.75, 3.05) is 0 Å². The van der Waals surface area contributed by atoms with E-state index in [0.717, 1.165) is 16.1 Å². The Balaban J connectivity index is 0.00000200. The third-order valence-corrected chi connectivity index (χ3v) is 3.41. The molecule has 106 valence electrons. The number of amidine groups is 1. The lowest BCUT2D eigenvalue weighted by molar-refractivity contribution is 0.480. The molecule has 2 aromatic carbocycles. The number of hydrogen-bond donors (Lipinski definition) is 2. The standard InChI is InChI=1S/C15H15ClN2O.ClH/c1-9-7-11(8-10(2)14(9)16)19-13-6-4-3-5-12(13)15(17)18;/h3-8H,1-2H3,(H3,17,18);1H. The van der Waals surface area contributed by atoms with Crippen LogP contribution in [-0.2, 0) is 0 Å². The second-order valence-electron chi connectivity index (χ2n) is 4.38. The minimum atomic E-state index is -0.0157. The molecular weight excluding hydrogens is 295 g/mol. The van der Waals surface area contributed by atoms with Crippen molar-refractivity contribution in [3.8, 4) is 11.5 Å². The molecule has 5 heteroatoms. The highest BCUT2D eigenvalue weighted by molar-refractivity contribution is 6.32. The van der Waals surface area contributed by atoms with Gasteiger partial charge in [0.1, 0.15) is 17.3 Å². The van der Waals surface area contributed by atoms with Gasteiger partial charge in [0.15, 0.2) is 0 Å². The first-order valence-electron chi connectivity index (χ1n) is 5.87. The Morgan fingerprint density at radius 2 is 1.70 bits per heavy atom. The van der Waals surface area contributed by atoms with E-state index in [1.54, 1.807) is 12.1 Å². The van der Waals surface area contributed by atoms with Gasteiger partial charge < -0.3 is 10.5 Å². The summed E-state index contributed by atoms with van der Waals surface area (Å²) in [5.41, 5.74) is 8.02. The first kappa shape index (κ1) is 16.3. The minimum Gasteiger partial charge on any atom is -0.457 e. The van der Waals surface area contributed by atoms with Crippen LogP contribution in [0.3, 0.4) is 0 Å². The Morgan fingerprint density at radius 3 is 2.25 bits per heavy atom. The molecule has 0 radical (unpaired) electrons. The lowest BCUT2D eigenvalue weighted by atomic mass is 10.1. The van der Waals surface area contributed by atoms with Crippen molar-refractivity contribution in [1.82, 2.24) is 0 Å². The van der Waals surface area contributed by atoms with E-state index in [9.17, 15) is 0 Å². The number of halogens is 2. The summed E-state index contributed by atoms with van der Waals surface area (Å²) in [5.74, 6) is 1.24. The zero-order valence-corrected chi connectivity index (χ0v) is 12.8. The molecule has 0 fully saturated rings. The molecule has 2 aromatic rings. The molecule has 3 N–H and O–H groups in total. The average Bonchev–Trinajstić information content (AvgIpc) is 2.36. The summed E-state index contributed by atoms with van der Waals surface area (Å²) in [6, 6.07) is 10.9. The van der Waals surface area contributed by atoms with Crippen molar-refractivity contribution < 1.29 is 4.74 Å². The van der Waals surface area contributed by atoms with Crippen molar-refractivity contribution >= 4 is 29.8 Å². The molecule has 0 aliphatic rings. The predicted octanol–water partition coefficient (Wildman–Crippen LogP) is 4.46. The molecule has 0 aliphatic carbocycles. The predicted molar refractivity (Wildman–Crippen MR) is 85.7 cm³/mol. The van der Waals surface area contributed by atoms with Crippen LogP contribution in [0.5, 0.6) is 11.5 Å². The van der Waals surface area contributed by atoms with Crippen molar-refractivity contribution in [1.29, 1.82) is 5.41 Å². The molecule has 0 aliphatic heterocycles. The Labute approximate surface area is 129 Å². The fourth-order valence-corrected chi connectivity index (χ4v) is 1.98. The van der Waals surface area contributed by atoms with Crippen LogP contribution in [0.4, 0.5) is 0 Å². The van der Waals surface area contributed by atoms with Gasteiger partial charge in [-0.15, -0.1) is 12.4 Å². The van der Waals surface area contributed by atoms with Gasteiger partial charge in [-0.3, -0.25) is 5.41 Å². The molecule has 0 aromatic heterocycles. The third kappa shape index (κ3) is 3.44. The van der Waals surface area contributed by atoms with Gasteiger partial charge in [0.25, 0.3) is 0 Å². The van der Waals surface area contributed by atoms with E-state index in [1.807, 2.05) is 38.1 Å². The highest BCUT2D eigenvalue weighted by Crippen LogP contribution is 2.30. The van der Waals surface area contributed by atoms with Crippen molar-refractivity contribution in [2.45, 2.75) is 13.8 Å². The lowest BCUT2D eigenvalue weighted by Gasteiger charge is -2.12. The minimum absolute atomic E-state index is 0. The number of nitrogen functional groups attached to an aromatic ring is 1. The van der Waals surface area contributed by atoms with Gasteiger partial charge in [-0.2, -0.15) is 0 Å². The first-order chi connectivity index (χ1) is 8.99. The molecule has 20 heavy (non-hydrogen) atoms. The lowest BCUT2D eigenvalue weighted by Crippen LogP contribution is -2.12. The van der Waals surface area contributed by atoms with E-state index in [0.29, 0.717) is 17.1 Å². The van der Waals surface area contributed by atoms with Crippen molar-refractivity contribution in [3.05, 3.63) is 58.1 Å². The van der Waals surface area contributed by atoms with Gasteiger partial charge in [0.2, 0.25) is 0 Å². The van der Waals surface area contributed by atoms with E-state index in [4.69, 9.17) is 27.5 Å². The summed E-state index contributed by atoms with van der Waals surface area (Å²) in [6.45, 7) is 3.86. The molecule has 0 bridgehead atoms. The van der Waals surface area contributed by atoms with Crippen LogP contribution < -0.4 is 10.5 Å². The molecule has 0 heterocycles. The number of hydrogen-bond acceptors (Lipinski definition) is 2. The molecule has 0 saturated carbocycles. The van der Waals surface area contributed by atoms with Crippen LogP contribution in [0.2, 0.25) is 5.02 Å². The van der Waals surface area contributed by atoms with E-state index >= 15 is 0 Å². The Morgan fingerprint density at radius 1 is 1.15 bits per heavy atom. The quantitative estimate of drug-likeness (QED) is 0.649. The summed E-state index contributed by atoms with van der Waals surface area (Å²) in [7, 11) is 0. The summed E-state index contributed by atoms with van der Waals surface area (Å²) < 4.78 is 5.81. The molecule has 0 saturated heterocycles. The van der Waals surface area contributed by atoms with Gasteiger partial charge in [-0.25, -0.2) is 0 Å². The summed E-state index contributed by atoms with van der Waals surface area (Å²) in [4.78, 5) is 0. The highest BCUT2D eigenvalue weighted by Gasteiger charge is 2.09. The number of aryl methyl sites for hydroxylation is 2. The molecule has 0 unspecified atom stereocenters. The maximum atomic E-state index is 7.54. The monoisotopic (exact) mass is 310 g/mol. The average molecular weight is 311 g/mol. The Hall–Kier alpha value is -1.71. The van der Waals surface area contributed by atoms with Crippen molar-refractivity contribution in [3.63, 3.8) is 0 Å². The zero-order chi connectivity index (χ0) is 14.0. The van der Waals surface area contributed by atoms with Crippen molar-refractivity contribution in [2.24, 2.45) is 5.73 Å². The number of rotatable bonds is 3. The molecule has 2 rings (SSSR count). The number of ether oxygens (including phenoxy) is 1. The van der Waals surface area contributed by atoms with Crippen LogP contribution in [0.15, 0.2) is 36.4 Å². The summed E-state index contributed by atoms with van der Waals surface area (Å²) in [5, 5.41) is 8.28. The Bertz CT molecular complexity index is 619. The second kappa shape index (κ2) is 6.64. The normalized spacial score (nSPS) is 9.75. The van der Waals surface area contributed by atoms with Crippen LogP contribution >= 0.6 is 24.0 Å². The number of benzene rings is 2. The Kier molecular flexibility index (Phi) is 5.43. The number of nitrogens with one attached hydrogen (secondary N) is 1. The summed E-state index contributed by atoms with van der Waals surface area (Å²) >= 11 is 6.12. The molecule has 0 atom stereocenters. The number of nitrogens with two attached hydrogens (primary N) is 1. The van der Waals surface area contributed by atoms with Gasteiger partial charge in [0, 0.05) is 5.02 Å².